The topological polar surface area (TPSA) is 108 Å². The van der Waals surface area contributed by atoms with E-state index in [1.165, 1.54) is 24.4 Å². The maximum atomic E-state index is 13.2. The number of ether oxygens (including phenoxy) is 1. The number of hydrogen-bond donors (Lipinski definition) is 3. The number of benzene rings is 2. The summed E-state index contributed by atoms with van der Waals surface area (Å²) in [4.78, 5) is 15.2. The summed E-state index contributed by atoms with van der Waals surface area (Å²) in [5, 5.41) is 17.5. The average molecular weight is 444 g/mol. The minimum Gasteiger partial charge on any atom is -0.507 e. The Kier molecular flexibility index (Phi) is 6.39. The molecule has 3 aromatic rings. The van der Waals surface area contributed by atoms with Crippen molar-refractivity contribution >= 4 is 41.3 Å². The fourth-order valence-corrected chi connectivity index (χ4v) is 3.01. The number of phenols is 1. The van der Waals surface area contributed by atoms with Crippen LogP contribution >= 0.6 is 11.6 Å². The molecular formula is C20H19ClFN7O2. The van der Waals surface area contributed by atoms with Crippen molar-refractivity contribution in [3.05, 3.63) is 58.9 Å². The molecule has 1 aliphatic heterocycles. The zero-order valence-corrected chi connectivity index (χ0v) is 17.1. The van der Waals surface area contributed by atoms with Gasteiger partial charge in [-0.25, -0.2) is 9.82 Å². The van der Waals surface area contributed by atoms with Gasteiger partial charge in [-0.15, -0.1) is 0 Å². The molecule has 2 aromatic carbocycles. The molecule has 160 valence electrons. The average Bonchev–Trinajstić information content (AvgIpc) is 2.78. The van der Waals surface area contributed by atoms with Gasteiger partial charge in [0.05, 0.1) is 19.4 Å². The van der Waals surface area contributed by atoms with E-state index in [0.717, 1.165) is 0 Å². The molecule has 0 unspecified atom stereocenters. The first-order chi connectivity index (χ1) is 15.1. The van der Waals surface area contributed by atoms with Crippen LogP contribution in [0.15, 0.2) is 47.6 Å². The van der Waals surface area contributed by atoms with E-state index in [9.17, 15) is 9.50 Å². The van der Waals surface area contributed by atoms with Crippen molar-refractivity contribution in [2.75, 3.05) is 41.9 Å². The normalized spacial score (nSPS) is 14.1. The van der Waals surface area contributed by atoms with Crippen LogP contribution in [-0.2, 0) is 4.74 Å². The first kappa shape index (κ1) is 20.8. The van der Waals surface area contributed by atoms with Gasteiger partial charge in [0.25, 0.3) is 0 Å². The highest BCUT2D eigenvalue weighted by Gasteiger charge is 2.16. The first-order valence-corrected chi connectivity index (χ1v) is 9.83. The summed E-state index contributed by atoms with van der Waals surface area (Å²) in [5.41, 5.74) is 3.81. The number of hydrazone groups is 1. The Bertz CT molecular complexity index is 1080. The smallest absolute Gasteiger partial charge is 0.250 e. The predicted molar refractivity (Wildman–Crippen MR) is 117 cm³/mol. The second kappa shape index (κ2) is 9.54. The SMILES string of the molecule is Oc1ccc(Cl)cc1/C=N/Nc1nc(Nc2ccc(F)cc2)nc(N2CCOCC2)n1. The molecule has 0 bridgehead atoms. The predicted octanol–water partition coefficient (Wildman–Crippen LogP) is 3.40. The van der Waals surface area contributed by atoms with Gasteiger partial charge in [0, 0.05) is 29.4 Å². The lowest BCUT2D eigenvalue weighted by molar-refractivity contribution is 0.122. The molecule has 0 spiro atoms. The molecule has 1 fully saturated rings. The van der Waals surface area contributed by atoms with Gasteiger partial charge in [-0.3, -0.25) is 0 Å². The molecule has 0 aliphatic carbocycles. The third kappa shape index (κ3) is 5.56. The van der Waals surface area contributed by atoms with Crippen molar-refractivity contribution in [1.82, 2.24) is 15.0 Å². The summed E-state index contributed by atoms with van der Waals surface area (Å²) in [7, 11) is 0. The Labute approximate surface area is 182 Å². The highest BCUT2D eigenvalue weighted by molar-refractivity contribution is 6.30. The molecule has 3 N–H and O–H groups in total. The van der Waals surface area contributed by atoms with E-state index in [1.54, 1.807) is 24.3 Å². The summed E-state index contributed by atoms with van der Waals surface area (Å²) in [6.07, 6.45) is 1.41. The lowest BCUT2D eigenvalue weighted by Gasteiger charge is -2.27. The largest absolute Gasteiger partial charge is 0.507 e. The second-order valence-corrected chi connectivity index (χ2v) is 7.02. The van der Waals surface area contributed by atoms with Crippen LogP contribution in [0.2, 0.25) is 5.02 Å². The van der Waals surface area contributed by atoms with Gasteiger partial charge in [-0.05, 0) is 42.5 Å². The molecule has 0 radical (unpaired) electrons. The van der Waals surface area contributed by atoms with Crippen LogP contribution in [0.1, 0.15) is 5.56 Å². The van der Waals surface area contributed by atoms with E-state index in [0.29, 0.717) is 48.5 Å². The molecule has 31 heavy (non-hydrogen) atoms. The highest BCUT2D eigenvalue weighted by Crippen LogP contribution is 2.21. The number of anilines is 4. The molecule has 2 heterocycles. The van der Waals surface area contributed by atoms with Crippen LogP contribution in [0.4, 0.5) is 27.9 Å². The second-order valence-electron chi connectivity index (χ2n) is 6.59. The number of rotatable bonds is 6. The molecule has 0 saturated carbocycles. The van der Waals surface area contributed by atoms with Crippen molar-refractivity contribution in [3.8, 4) is 5.75 Å². The van der Waals surface area contributed by atoms with Crippen LogP contribution in [0, 0.1) is 5.82 Å². The van der Waals surface area contributed by atoms with Gasteiger partial charge in [0.1, 0.15) is 11.6 Å². The van der Waals surface area contributed by atoms with Crippen molar-refractivity contribution in [1.29, 1.82) is 0 Å². The number of nitrogens with one attached hydrogen (secondary N) is 2. The molecule has 0 atom stereocenters. The Morgan fingerprint density at radius 1 is 1.06 bits per heavy atom. The van der Waals surface area contributed by atoms with Crippen LogP contribution < -0.4 is 15.6 Å². The first-order valence-electron chi connectivity index (χ1n) is 9.46. The third-order valence-corrected chi connectivity index (χ3v) is 4.61. The molecule has 4 rings (SSSR count). The molecule has 1 aliphatic rings. The maximum Gasteiger partial charge on any atom is 0.250 e. The molecule has 1 saturated heterocycles. The summed E-state index contributed by atoms with van der Waals surface area (Å²) in [6.45, 7) is 2.42. The van der Waals surface area contributed by atoms with E-state index >= 15 is 0 Å². The van der Waals surface area contributed by atoms with E-state index in [2.05, 4.69) is 30.8 Å². The zero-order valence-electron chi connectivity index (χ0n) is 16.3. The zero-order chi connectivity index (χ0) is 21.6. The van der Waals surface area contributed by atoms with E-state index in [1.807, 2.05) is 4.90 Å². The quantitative estimate of drug-likeness (QED) is 0.393. The Morgan fingerprint density at radius 2 is 1.81 bits per heavy atom. The molecule has 9 nitrogen and oxygen atoms in total. The number of aromatic hydroxyl groups is 1. The number of halogens is 2. The maximum absolute atomic E-state index is 13.2. The molecule has 1 aromatic heterocycles. The fraction of sp³-hybridized carbons (Fsp3) is 0.200. The van der Waals surface area contributed by atoms with Crippen molar-refractivity contribution in [2.24, 2.45) is 5.10 Å². The number of aromatic nitrogens is 3. The van der Waals surface area contributed by atoms with Crippen molar-refractivity contribution < 1.29 is 14.2 Å². The Morgan fingerprint density at radius 3 is 2.58 bits per heavy atom. The van der Waals surface area contributed by atoms with Gasteiger partial charge >= 0.3 is 0 Å². The lowest BCUT2D eigenvalue weighted by atomic mass is 10.2. The number of hydrogen-bond acceptors (Lipinski definition) is 9. The minimum absolute atomic E-state index is 0.0401. The van der Waals surface area contributed by atoms with E-state index < -0.39 is 0 Å². The number of morpholine rings is 1. The molecular weight excluding hydrogens is 425 g/mol. The van der Waals surface area contributed by atoms with Crippen LogP contribution in [0.5, 0.6) is 5.75 Å². The standard InChI is InChI=1S/C20H19ClFN7O2/c21-14-1-6-17(30)13(11-14)12-23-28-19-25-18(24-16-4-2-15(22)3-5-16)26-20(27-19)29-7-9-31-10-8-29/h1-6,11-12,30H,7-10H2,(H2,24,25,26,27,28)/b23-12+. The number of phenolic OH excluding ortho intramolecular Hbond substituents is 1. The van der Waals surface area contributed by atoms with Gasteiger partial charge in [-0.1, -0.05) is 11.6 Å². The van der Waals surface area contributed by atoms with Gasteiger partial charge < -0.3 is 20.1 Å². The van der Waals surface area contributed by atoms with Gasteiger partial charge in [0.2, 0.25) is 17.8 Å². The van der Waals surface area contributed by atoms with Crippen LogP contribution in [0.3, 0.4) is 0 Å². The fourth-order valence-electron chi connectivity index (χ4n) is 2.83. The van der Waals surface area contributed by atoms with Gasteiger partial charge in [0.15, 0.2) is 0 Å². The minimum atomic E-state index is -0.337. The van der Waals surface area contributed by atoms with Crippen LogP contribution in [0.25, 0.3) is 0 Å². The van der Waals surface area contributed by atoms with Crippen LogP contribution in [-0.4, -0.2) is 52.6 Å². The van der Waals surface area contributed by atoms with Crippen molar-refractivity contribution in [3.63, 3.8) is 0 Å². The molecule has 11 heteroatoms. The summed E-state index contributed by atoms with van der Waals surface area (Å²) in [5.74, 6) is 0.617. The Balaban J connectivity index is 1.58. The number of nitrogens with zero attached hydrogens (tertiary/aromatic N) is 5. The molecule has 0 amide bonds. The summed E-state index contributed by atoms with van der Waals surface area (Å²) in [6, 6.07) is 10.5. The van der Waals surface area contributed by atoms with Gasteiger partial charge in [-0.2, -0.15) is 20.1 Å². The van der Waals surface area contributed by atoms with Crippen molar-refractivity contribution in [2.45, 2.75) is 0 Å². The summed E-state index contributed by atoms with van der Waals surface area (Å²) < 4.78 is 18.6. The lowest BCUT2D eigenvalue weighted by Crippen LogP contribution is -2.37. The third-order valence-electron chi connectivity index (χ3n) is 4.38. The summed E-state index contributed by atoms with van der Waals surface area (Å²) >= 11 is 5.95. The monoisotopic (exact) mass is 443 g/mol. The Hall–Kier alpha value is -3.50. The van der Waals surface area contributed by atoms with E-state index in [4.69, 9.17) is 16.3 Å². The highest BCUT2D eigenvalue weighted by atomic mass is 35.5. The van der Waals surface area contributed by atoms with E-state index in [-0.39, 0.29) is 23.5 Å².